The first-order chi connectivity index (χ1) is 11.2. The number of nitrogens with one attached hydrogen (secondary N) is 2. The first-order valence-electron chi connectivity index (χ1n) is 7.05. The zero-order chi connectivity index (χ0) is 16.7. The van der Waals surface area contributed by atoms with Gasteiger partial charge in [0.25, 0.3) is 0 Å². The quantitative estimate of drug-likeness (QED) is 0.594. The molecule has 124 valence electrons. The third kappa shape index (κ3) is 4.66. The van der Waals surface area contributed by atoms with E-state index in [0.717, 1.165) is 15.8 Å². The average molecular weight is 382 g/mol. The molecule has 0 aliphatic heterocycles. The van der Waals surface area contributed by atoms with E-state index in [0.29, 0.717) is 30.5 Å². The zero-order valence-corrected chi connectivity index (χ0v) is 14.9. The van der Waals surface area contributed by atoms with Crippen molar-refractivity contribution in [3.8, 4) is 11.5 Å². The summed E-state index contributed by atoms with van der Waals surface area (Å²) in [6.07, 6.45) is 1.65. The summed E-state index contributed by atoms with van der Waals surface area (Å²) in [5.41, 5.74) is 1.04. The summed E-state index contributed by atoms with van der Waals surface area (Å²) >= 11 is 3.49. The lowest BCUT2D eigenvalue weighted by Gasteiger charge is -2.14. The van der Waals surface area contributed by atoms with Gasteiger partial charge in [0.1, 0.15) is 5.76 Å². The fraction of sp³-hybridized carbons (Fsp3) is 0.312. The number of guanidine groups is 1. The number of nitrogens with zero attached hydrogens (tertiary/aromatic N) is 1. The maximum Gasteiger partial charge on any atom is 0.191 e. The summed E-state index contributed by atoms with van der Waals surface area (Å²) in [5.74, 6) is 2.89. The summed E-state index contributed by atoms with van der Waals surface area (Å²) < 4.78 is 16.8. The lowest BCUT2D eigenvalue weighted by molar-refractivity contribution is 0.352. The molecule has 6 nitrogen and oxygen atoms in total. The van der Waals surface area contributed by atoms with Crippen LogP contribution < -0.4 is 20.1 Å². The molecule has 1 aromatic heterocycles. The molecule has 0 saturated carbocycles. The lowest BCUT2D eigenvalue weighted by atomic mass is 10.2. The Morgan fingerprint density at radius 2 is 2.00 bits per heavy atom. The first kappa shape index (κ1) is 17.2. The van der Waals surface area contributed by atoms with Gasteiger partial charge in [0.2, 0.25) is 0 Å². The van der Waals surface area contributed by atoms with Crippen molar-refractivity contribution in [1.29, 1.82) is 0 Å². The number of methoxy groups -OCH3 is 2. The average Bonchev–Trinajstić information content (AvgIpc) is 3.07. The molecule has 23 heavy (non-hydrogen) atoms. The van der Waals surface area contributed by atoms with Gasteiger partial charge in [-0.2, -0.15) is 0 Å². The molecule has 0 unspecified atom stereocenters. The highest BCUT2D eigenvalue weighted by Gasteiger charge is 2.10. The number of hydrogen-bond acceptors (Lipinski definition) is 4. The van der Waals surface area contributed by atoms with Gasteiger partial charge in [0.05, 0.1) is 31.5 Å². The number of aliphatic imine (C=N–C) groups is 1. The molecule has 0 bridgehead atoms. The molecule has 0 radical (unpaired) electrons. The third-order valence-electron chi connectivity index (χ3n) is 3.19. The highest BCUT2D eigenvalue weighted by Crippen LogP contribution is 2.36. The second kappa shape index (κ2) is 8.47. The van der Waals surface area contributed by atoms with Crippen LogP contribution in [0.15, 0.2) is 44.4 Å². The van der Waals surface area contributed by atoms with Gasteiger partial charge >= 0.3 is 0 Å². The fourth-order valence-corrected chi connectivity index (χ4v) is 2.72. The van der Waals surface area contributed by atoms with Gasteiger partial charge in [0, 0.05) is 13.6 Å². The predicted molar refractivity (Wildman–Crippen MR) is 93.0 cm³/mol. The van der Waals surface area contributed by atoms with Crippen LogP contribution in [0, 0.1) is 0 Å². The van der Waals surface area contributed by atoms with Gasteiger partial charge in [-0.15, -0.1) is 0 Å². The maximum atomic E-state index is 5.35. The Labute approximate surface area is 144 Å². The minimum Gasteiger partial charge on any atom is -0.493 e. The molecule has 1 heterocycles. The monoisotopic (exact) mass is 381 g/mol. The van der Waals surface area contributed by atoms with Gasteiger partial charge in [-0.1, -0.05) is 0 Å². The predicted octanol–water partition coefficient (Wildman–Crippen LogP) is 2.92. The van der Waals surface area contributed by atoms with E-state index in [1.807, 2.05) is 24.3 Å². The minimum atomic E-state index is 0.572. The van der Waals surface area contributed by atoms with E-state index >= 15 is 0 Å². The Bertz CT molecular complexity index is 657. The van der Waals surface area contributed by atoms with Crippen LogP contribution in [-0.2, 0) is 13.1 Å². The van der Waals surface area contributed by atoms with Crippen molar-refractivity contribution in [2.24, 2.45) is 4.99 Å². The van der Waals surface area contributed by atoms with Gasteiger partial charge in [-0.3, -0.25) is 4.99 Å². The Hall–Kier alpha value is -2.15. The zero-order valence-electron chi connectivity index (χ0n) is 13.4. The SMILES string of the molecule is CN=C(NCc1cc(Br)c(OC)c(OC)c1)NCc1ccco1. The Morgan fingerprint density at radius 3 is 2.61 bits per heavy atom. The smallest absolute Gasteiger partial charge is 0.191 e. The number of rotatable bonds is 6. The normalized spacial score (nSPS) is 11.2. The van der Waals surface area contributed by atoms with E-state index in [2.05, 4.69) is 31.6 Å². The van der Waals surface area contributed by atoms with Gasteiger partial charge in [0.15, 0.2) is 17.5 Å². The summed E-state index contributed by atoms with van der Waals surface area (Å²) in [4.78, 5) is 4.19. The van der Waals surface area contributed by atoms with Crippen molar-refractivity contribution in [3.05, 3.63) is 46.3 Å². The van der Waals surface area contributed by atoms with Gasteiger partial charge in [-0.05, 0) is 45.8 Å². The standard InChI is InChI=1S/C16H20BrN3O3/c1-18-16(20-10-12-5-4-6-23-12)19-9-11-7-13(17)15(22-3)14(8-11)21-2/h4-8H,9-10H2,1-3H3,(H2,18,19,20). The van der Waals surface area contributed by atoms with Crippen LogP contribution in [0.3, 0.4) is 0 Å². The second-order valence-corrected chi connectivity index (χ2v) is 5.53. The van der Waals surface area contributed by atoms with Crippen LogP contribution >= 0.6 is 15.9 Å². The first-order valence-corrected chi connectivity index (χ1v) is 7.84. The van der Waals surface area contributed by atoms with Crippen molar-refractivity contribution < 1.29 is 13.9 Å². The Morgan fingerprint density at radius 1 is 1.22 bits per heavy atom. The van der Waals surface area contributed by atoms with Crippen LogP contribution in [0.5, 0.6) is 11.5 Å². The summed E-state index contributed by atoms with van der Waals surface area (Å²) in [6.45, 7) is 1.17. The van der Waals surface area contributed by atoms with Crippen LogP contribution in [0.4, 0.5) is 0 Å². The largest absolute Gasteiger partial charge is 0.493 e. The van der Waals surface area contributed by atoms with E-state index in [-0.39, 0.29) is 0 Å². The topological polar surface area (TPSA) is 68.0 Å². The van der Waals surface area contributed by atoms with Gasteiger partial charge < -0.3 is 24.5 Å². The maximum absolute atomic E-state index is 5.35. The number of halogens is 1. The highest BCUT2D eigenvalue weighted by molar-refractivity contribution is 9.10. The van der Waals surface area contributed by atoms with Crippen LogP contribution in [0.25, 0.3) is 0 Å². The van der Waals surface area contributed by atoms with Crippen molar-refractivity contribution in [2.45, 2.75) is 13.1 Å². The van der Waals surface area contributed by atoms with E-state index in [1.165, 1.54) is 0 Å². The molecule has 1 aromatic carbocycles. The van der Waals surface area contributed by atoms with Crippen LogP contribution in [0.2, 0.25) is 0 Å². The molecule has 7 heteroatoms. The summed E-state index contributed by atoms with van der Waals surface area (Å²) in [5, 5.41) is 6.43. The molecule has 0 aliphatic rings. The Kier molecular flexibility index (Phi) is 6.34. The van der Waals surface area contributed by atoms with Crippen molar-refractivity contribution in [2.75, 3.05) is 21.3 Å². The molecule has 0 saturated heterocycles. The number of hydrogen-bond donors (Lipinski definition) is 2. The van der Waals surface area contributed by atoms with E-state index < -0.39 is 0 Å². The van der Waals surface area contributed by atoms with E-state index in [9.17, 15) is 0 Å². The molecule has 2 aromatic rings. The van der Waals surface area contributed by atoms with Crippen LogP contribution in [-0.4, -0.2) is 27.2 Å². The molecule has 0 spiro atoms. The highest BCUT2D eigenvalue weighted by atomic mass is 79.9. The summed E-state index contributed by atoms with van der Waals surface area (Å²) in [6, 6.07) is 7.67. The Balaban J connectivity index is 1.97. The molecule has 0 amide bonds. The third-order valence-corrected chi connectivity index (χ3v) is 3.78. The van der Waals surface area contributed by atoms with Crippen LogP contribution in [0.1, 0.15) is 11.3 Å². The number of furan rings is 1. The van der Waals surface area contributed by atoms with Crippen molar-refractivity contribution in [1.82, 2.24) is 10.6 Å². The number of benzene rings is 1. The molecular formula is C16H20BrN3O3. The van der Waals surface area contributed by atoms with E-state index in [1.54, 1.807) is 27.5 Å². The van der Waals surface area contributed by atoms with Gasteiger partial charge in [-0.25, -0.2) is 0 Å². The van der Waals surface area contributed by atoms with Crippen molar-refractivity contribution >= 4 is 21.9 Å². The summed E-state index contributed by atoms with van der Waals surface area (Å²) in [7, 11) is 4.95. The number of ether oxygens (including phenoxy) is 2. The molecule has 2 N–H and O–H groups in total. The molecule has 0 atom stereocenters. The molecule has 0 fully saturated rings. The molecule has 2 rings (SSSR count). The molecular weight excluding hydrogens is 362 g/mol. The van der Waals surface area contributed by atoms with E-state index in [4.69, 9.17) is 13.9 Å². The van der Waals surface area contributed by atoms with Crippen molar-refractivity contribution in [3.63, 3.8) is 0 Å². The second-order valence-electron chi connectivity index (χ2n) is 4.67. The lowest BCUT2D eigenvalue weighted by Crippen LogP contribution is -2.36. The fourth-order valence-electron chi connectivity index (χ4n) is 2.06. The minimum absolute atomic E-state index is 0.572. The molecule has 0 aliphatic carbocycles.